The van der Waals surface area contributed by atoms with Crippen LogP contribution in [0.15, 0.2) is 18.3 Å². The topological polar surface area (TPSA) is 97.4 Å². The van der Waals surface area contributed by atoms with Crippen molar-refractivity contribution in [3.8, 4) is 0 Å². The van der Waals surface area contributed by atoms with Gasteiger partial charge in [0.2, 0.25) is 11.5 Å². The largest absolute Gasteiger partial charge is 0.422 e. The second-order valence-corrected chi connectivity index (χ2v) is 7.26. The molecule has 1 fully saturated rings. The molecule has 31 heavy (non-hydrogen) atoms. The zero-order chi connectivity index (χ0) is 22.6. The molecule has 0 aromatic carbocycles. The molecule has 0 bridgehead atoms. The minimum atomic E-state index is -5.11. The van der Waals surface area contributed by atoms with Gasteiger partial charge in [-0.25, -0.2) is 4.98 Å². The highest BCUT2D eigenvalue weighted by molar-refractivity contribution is 5.95. The quantitative estimate of drug-likeness (QED) is 0.608. The number of piperazine rings is 1. The number of carbonyl (C=O) groups excluding carboxylic acids is 1. The maximum absolute atomic E-state index is 13.6. The number of pyridine rings is 1. The summed E-state index contributed by atoms with van der Waals surface area (Å²) >= 11 is 0. The van der Waals surface area contributed by atoms with E-state index in [9.17, 15) is 36.2 Å². The summed E-state index contributed by atoms with van der Waals surface area (Å²) in [6, 6.07) is 2.14. The molecule has 2 aliphatic rings. The van der Waals surface area contributed by atoms with E-state index in [-0.39, 0.29) is 37.8 Å². The van der Waals surface area contributed by atoms with E-state index in [4.69, 9.17) is 0 Å². The van der Waals surface area contributed by atoms with Crippen LogP contribution in [-0.2, 0) is 16.6 Å². The third-order valence-corrected chi connectivity index (χ3v) is 5.29. The van der Waals surface area contributed by atoms with Crippen LogP contribution in [0.2, 0.25) is 0 Å². The van der Waals surface area contributed by atoms with Crippen molar-refractivity contribution in [1.29, 1.82) is 0 Å². The minimum absolute atomic E-state index is 0.144. The highest BCUT2D eigenvalue weighted by Crippen LogP contribution is 2.49. The lowest BCUT2D eigenvalue weighted by Crippen LogP contribution is -2.51. The lowest BCUT2D eigenvalue weighted by molar-refractivity contribution is -0.267. The zero-order valence-electron chi connectivity index (χ0n) is 15.7. The van der Waals surface area contributed by atoms with Gasteiger partial charge in [-0.3, -0.25) is 9.89 Å². The Bertz CT molecular complexity index is 980. The van der Waals surface area contributed by atoms with Crippen LogP contribution in [0.1, 0.15) is 17.5 Å². The van der Waals surface area contributed by atoms with E-state index in [0.717, 1.165) is 12.3 Å². The number of rotatable bonds is 2. The maximum Gasteiger partial charge on any atom is 0.422 e. The Morgan fingerprint density at radius 1 is 1.03 bits per heavy atom. The van der Waals surface area contributed by atoms with E-state index >= 15 is 0 Å². The van der Waals surface area contributed by atoms with Gasteiger partial charge in [-0.15, -0.1) is 0 Å². The van der Waals surface area contributed by atoms with Crippen LogP contribution in [-0.4, -0.2) is 58.6 Å². The summed E-state index contributed by atoms with van der Waals surface area (Å²) in [6.07, 6.45) is -10.1. The molecule has 2 aliphatic heterocycles. The highest BCUT2D eigenvalue weighted by atomic mass is 19.4. The highest BCUT2D eigenvalue weighted by Gasteiger charge is 2.61. The molecule has 0 spiro atoms. The fourth-order valence-corrected chi connectivity index (χ4v) is 3.68. The molecule has 0 aliphatic carbocycles. The standard InChI is InChI=1S/C17H16F6N6O2/c18-16(19,20)9-1-2-10(24-8-9)28-3-5-29(6-4-28)14-12-13(26-27-14)25-11(30)7-15(12,31)17(21,22)23/h1-2,8,31H,3-7H2,(H2,25,26,27,30). The second kappa shape index (κ2) is 7.00. The van der Waals surface area contributed by atoms with Gasteiger partial charge in [-0.1, -0.05) is 0 Å². The molecule has 4 heterocycles. The Hall–Kier alpha value is -3.03. The van der Waals surface area contributed by atoms with E-state index in [2.05, 4.69) is 20.5 Å². The van der Waals surface area contributed by atoms with Crippen molar-refractivity contribution in [3.63, 3.8) is 0 Å². The van der Waals surface area contributed by atoms with Crippen molar-refractivity contribution in [3.05, 3.63) is 29.5 Å². The number of hydrogen-bond acceptors (Lipinski definition) is 6. The van der Waals surface area contributed by atoms with Gasteiger partial charge < -0.3 is 20.2 Å². The SMILES string of the molecule is O=C1CC(O)(C(F)(F)F)c2c(N3CCN(c4ccc(C(F)(F)F)cn4)CC3)n[nH]c2N1. The molecule has 2 aromatic heterocycles. The summed E-state index contributed by atoms with van der Waals surface area (Å²) in [6.45, 7) is 0.831. The first kappa shape index (κ1) is 21.2. The van der Waals surface area contributed by atoms with E-state index in [0.29, 0.717) is 5.82 Å². The van der Waals surface area contributed by atoms with Gasteiger partial charge in [0.05, 0.1) is 17.5 Å². The molecule has 4 rings (SSSR count). The Labute approximate surface area is 170 Å². The van der Waals surface area contributed by atoms with E-state index in [1.165, 1.54) is 11.0 Å². The third kappa shape index (κ3) is 3.64. The second-order valence-electron chi connectivity index (χ2n) is 7.26. The Kier molecular flexibility index (Phi) is 4.79. The smallest absolute Gasteiger partial charge is 0.376 e. The first-order valence-electron chi connectivity index (χ1n) is 9.11. The summed E-state index contributed by atoms with van der Waals surface area (Å²) in [5.41, 5.74) is -4.83. The zero-order valence-corrected chi connectivity index (χ0v) is 15.7. The summed E-state index contributed by atoms with van der Waals surface area (Å²) < 4.78 is 78.9. The predicted molar refractivity (Wildman–Crippen MR) is 95.5 cm³/mol. The number of aromatic nitrogens is 3. The molecule has 1 amide bonds. The first-order chi connectivity index (χ1) is 14.4. The van der Waals surface area contributed by atoms with Gasteiger partial charge in [0.1, 0.15) is 11.6 Å². The van der Waals surface area contributed by atoms with Gasteiger partial charge in [0, 0.05) is 32.4 Å². The molecule has 0 saturated carbocycles. The number of amides is 1. The van der Waals surface area contributed by atoms with Crippen LogP contribution in [0.25, 0.3) is 0 Å². The molecule has 1 saturated heterocycles. The molecule has 2 aromatic rings. The predicted octanol–water partition coefficient (Wildman–Crippen LogP) is 2.24. The number of H-pyrrole nitrogens is 1. The Balaban J connectivity index is 1.54. The number of alkyl halides is 6. The maximum atomic E-state index is 13.6. The first-order valence-corrected chi connectivity index (χ1v) is 9.11. The molecule has 3 N–H and O–H groups in total. The van der Waals surface area contributed by atoms with Gasteiger partial charge in [-0.2, -0.15) is 31.4 Å². The number of aliphatic hydroxyl groups is 1. The van der Waals surface area contributed by atoms with Gasteiger partial charge >= 0.3 is 12.4 Å². The van der Waals surface area contributed by atoms with Crippen molar-refractivity contribution >= 4 is 23.4 Å². The fraction of sp³-hybridized carbons (Fsp3) is 0.471. The molecule has 0 radical (unpaired) electrons. The van der Waals surface area contributed by atoms with Gasteiger partial charge in [0.25, 0.3) is 0 Å². The lowest BCUT2D eigenvalue weighted by Gasteiger charge is -2.39. The number of nitrogens with one attached hydrogen (secondary N) is 2. The van der Waals surface area contributed by atoms with Crippen molar-refractivity contribution in [2.24, 2.45) is 0 Å². The number of nitrogens with zero attached hydrogens (tertiary/aromatic N) is 4. The molecule has 8 nitrogen and oxygen atoms in total. The number of fused-ring (bicyclic) bond motifs is 1. The van der Waals surface area contributed by atoms with E-state index in [1.807, 2.05) is 0 Å². The monoisotopic (exact) mass is 450 g/mol. The summed E-state index contributed by atoms with van der Waals surface area (Å²) in [5.74, 6) is -1.16. The van der Waals surface area contributed by atoms with Crippen molar-refractivity contribution < 1.29 is 36.2 Å². The van der Waals surface area contributed by atoms with Crippen LogP contribution in [0.5, 0.6) is 0 Å². The fourth-order valence-electron chi connectivity index (χ4n) is 3.68. The summed E-state index contributed by atoms with van der Waals surface area (Å²) in [5, 5.41) is 18.8. The van der Waals surface area contributed by atoms with Crippen LogP contribution in [0.4, 0.5) is 43.8 Å². The van der Waals surface area contributed by atoms with Crippen LogP contribution < -0.4 is 15.1 Å². The van der Waals surface area contributed by atoms with Crippen LogP contribution >= 0.6 is 0 Å². The third-order valence-electron chi connectivity index (χ3n) is 5.29. The number of anilines is 3. The number of carbonyl (C=O) groups is 1. The normalized spacial score (nSPS) is 22.4. The number of halogens is 6. The average molecular weight is 450 g/mol. The Morgan fingerprint density at radius 2 is 1.68 bits per heavy atom. The lowest BCUT2D eigenvalue weighted by atomic mass is 9.87. The Morgan fingerprint density at radius 3 is 2.23 bits per heavy atom. The summed E-state index contributed by atoms with van der Waals surface area (Å²) in [4.78, 5) is 18.7. The van der Waals surface area contributed by atoms with Crippen molar-refractivity contribution in [1.82, 2.24) is 15.2 Å². The number of hydrogen-bond donors (Lipinski definition) is 3. The van der Waals surface area contributed by atoms with Crippen molar-refractivity contribution in [2.75, 3.05) is 41.3 Å². The van der Waals surface area contributed by atoms with Crippen LogP contribution in [0.3, 0.4) is 0 Å². The number of aromatic amines is 1. The van der Waals surface area contributed by atoms with E-state index < -0.39 is 41.4 Å². The summed E-state index contributed by atoms with van der Waals surface area (Å²) in [7, 11) is 0. The molecule has 14 heteroatoms. The molecular formula is C17H16F6N6O2. The molecule has 1 unspecified atom stereocenters. The van der Waals surface area contributed by atoms with E-state index in [1.54, 1.807) is 4.90 Å². The van der Waals surface area contributed by atoms with Crippen LogP contribution in [0, 0.1) is 0 Å². The van der Waals surface area contributed by atoms with Crippen molar-refractivity contribution in [2.45, 2.75) is 24.4 Å². The molecular weight excluding hydrogens is 434 g/mol. The van der Waals surface area contributed by atoms with Gasteiger partial charge in [0.15, 0.2) is 5.82 Å². The molecule has 1 atom stereocenters. The van der Waals surface area contributed by atoms with Gasteiger partial charge in [-0.05, 0) is 12.1 Å². The average Bonchev–Trinajstić information content (AvgIpc) is 3.11. The molecule has 168 valence electrons. The minimum Gasteiger partial charge on any atom is -0.376 e.